The summed E-state index contributed by atoms with van der Waals surface area (Å²) in [6.07, 6.45) is 2.19. The van der Waals surface area contributed by atoms with Crippen molar-refractivity contribution in [3.05, 3.63) is 35.4 Å². The smallest absolute Gasteiger partial charge is 0.119 e. The molecule has 0 aromatic heterocycles. The number of hydrogen-bond acceptors (Lipinski definition) is 2. The average molecular weight is 219 g/mol. The van der Waals surface area contributed by atoms with Gasteiger partial charge in [0.2, 0.25) is 0 Å². The van der Waals surface area contributed by atoms with Gasteiger partial charge in [-0.15, -0.1) is 0 Å². The van der Waals surface area contributed by atoms with Crippen molar-refractivity contribution in [3.63, 3.8) is 0 Å². The maximum Gasteiger partial charge on any atom is 0.119 e. The Morgan fingerprint density at radius 2 is 2.19 bits per heavy atom. The molecule has 0 bridgehead atoms. The molecule has 2 heteroatoms. The third-order valence-electron chi connectivity index (χ3n) is 2.24. The molecular formula is C14H21NO. The van der Waals surface area contributed by atoms with E-state index in [0.29, 0.717) is 6.61 Å². The summed E-state index contributed by atoms with van der Waals surface area (Å²) in [4.78, 5) is 0. The van der Waals surface area contributed by atoms with E-state index in [1.165, 1.54) is 11.1 Å². The van der Waals surface area contributed by atoms with E-state index < -0.39 is 0 Å². The quantitative estimate of drug-likeness (QED) is 0.793. The predicted molar refractivity (Wildman–Crippen MR) is 69.8 cm³/mol. The van der Waals surface area contributed by atoms with Gasteiger partial charge in [0.05, 0.1) is 6.61 Å². The lowest BCUT2D eigenvalue weighted by atomic mass is 10.1. The van der Waals surface area contributed by atoms with Crippen molar-refractivity contribution in [1.82, 2.24) is 5.32 Å². The van der Waals surface area contributed by atoms with E-state index in [0.717, 1.165) is 18.8 Å². The Kier molecular flexibility index (Phi) is 5.65. The fourth-order valence-electron chi connectivity index (χ4n) is 1.52. The predicted octanol–water partition coefficient (Wildman–Crippen LogP) is 3.10. The van der Waals surface area contributed by atoms with Crippen LogP contribution in [0.5, 0.6) is 5.75 Å². The first-order valence-corrected chi connectivity index (χ1v) is 5.87. The van der Waals surface area contributed by atoms with E-state index >= 15 is 0 Å². The Balaban J connectivity index is 2.68. The van der Waals surface area contributed by atoms with Crippen molar-refractivity contribution in [2.24, 2.45) is 0 Å². The van der Waals surface area contributed by atoms with Crippen LogP contribution >= 0.6 is 0 Å². The van der Waals surface area contributed by atoms with Gasteiger partial charge in [0.1, 0.15) is 5.75 Å². The summed E-state index contributed by atoms with van der Waals surface area (Å²) < 4.78 is 5.46. The van der Waals surface area contributed by atoms with Crippen molar-refractivity contribution in [3.8, 4) is 5.75 Å². The first kappa shape index (κ1) is 12.8. The van der Waals surface area contributed by atoms with Crippen molar-refractivity contribution < 1.29 is 4.74 Å². The minimum absolute atomic E-state index is 0.712. The molecule has 88 valence electrons. The van der Waals surface area contributed by atoms with Crippen molar-refractivity contribution >= 4 is 6.08 Å². The minimum Gasteiger partial charge on any atom is -0.494 e. The summed E-state index contributed by atoms with van der Waals surface area (Å²) in [7, 11) is 0. The van der Waals surface area contributed by atoms with Crippen molar-refractivity contribution in [2.45, 2.75) is 20.8 Å². The van der Waals surface area contributed by atoms with Crippen LogP contribution in [0.1, 0.15) is 26.3 Å². The Morgan fingerprint density at radius 3 is 2.88 bits per heavy atom. The molecule has 0 atom stereocenters. The SMILES string of the molecule is CCNCC(C)=Cc1cccc(OCC)c1. The van der Waals surface area contributed by atoms with Gasteiger partial charge in [0.15, 0.2) is 0 Å². The highest BCUT2D eigenvalue weighted by molar-refractivity contribution is 5.54. The molecule has 0 saturated heterocycles. The van der Waals surface area contributed by atoms with Gasteiger partial charge in [-0.25, -0.2) is 0 Å². The molecule has 0 unspecified atom stereocenters. The van der Waals surface area contributed by atoms with E-state index in [1.807, 2.05) is 19.1 Å². The molecule has 0 saturated carbocycles. The Labute approximate surface area is 98.3 Å². The maximum absolute atomic E-state index is 5.46. The molecule has 0 heterocycles. The van der Waals surface area contributed by atoms with E-state index in [4.69, 9.17) is 4.74 Å². The topological polar surface area (TPSA) is 21.3 Å². The summed E-state index contributed by atoms with van der Waals surface area (Å²) >= 11 is 0. The summed E-state index contributed by atoms with van der Waals surface area (Å²) in [5.74, 6) is 0.938. The van der Waals surface area contributed by atoms with E-state index in [1.54, 1.807) is 0 Å². The van der Waals surface area contributed by atoms with Crippen LogP contribution in [0.15, 0.2) is 29.8 Å². The zero-order chi connectivity index (χ0) is 11.8. The molecule has 2 nitrogen and oxygen atoms in total. The highest BCUT2D eigenvalue weighted by atomic mass is 16.5. The standard InChI is InChI=1S/C14H21NO/c1-4-15-11-12(3)9-13-7-6-8-14(10-13)16-5-2/h6-10,15H,4-5,11H2,1-3H3. The van der Waals surface area contributed by atoms with Crippen LogP contribution in [0, 0.1) is 0 Å². The normalized spacial score (nSPS) is 11.6. The zero-order valence-electron chi connectivity index (χ0n) is 10.4. The van der Waals surface area contributed by atoms with Gasteiger partial charge in [0, 0.05) is 6.54 Å². The first-order chi connectivity index (χ1) is 7.76. The number of likely N-dealkylation sites (N-methyl/N-ethyl adjacent to an activating group) is 1. The molecule has 0 radical (unpaired) electrons. The molecule has 1 N–H and O–H groups in total. The maximum atomic E-state index is 5.46. The molecule has 1 rings (SSSR count). The van der Waals surface area contributed by atoms with Gasteiger partial charge in [-0.1, -0.05) is 30.7 Å². The molecule has 0 spiro atoms. The summed E-state index contributed by atoms with van der Waals surface area (Å²) in [6, 6.07) is 8.18. The zero-order valence-corrected chi connectivity index (χ0v) is 10.4. The second-order valence-corrected chi connectivity index (χ2v) is 3.78. The molecule has 1 aromatic rings. The second kappa shape index (κ2) is 7.07. The Morgan fingerprint density at radius 1 is 1.38 bits per heavy atom. The monoisotopic (exact) mass is 219 g/mol. The third kappa shape index (κ3) is 4.49. The largest absolute Gasteiger partial charge is 0.494 e. The third-order valence-corrected chi connectivity index (χ3v) is 2.24. The van der Waals surface area contributed by atoms with Crippen LogP contribution in [0.2, 0.25) is 0 Å². The van der Waals surface area contributed by atoms with E-state index in [9.17, 15) is 0 Å². The van der Waals surface area contributed by atoms with Crippen LogP contribution in [0.3, 0.4) is 0 Å². The summed E-state index contributed by atoms with van der Waals surface area (Å²) in [5.41, 5.74) is 2.52. The summed E-state index contributed by atoms with van der Waals surface area (Å²) in [6.45, 7) is 8.90. The molecule has 0 fully saturated rings. The fourth-order valence-corrected chi connectivity index (χ4v) is 1.52. The molecule has 16 heavy (non-hydrogen) atoms. The van der Waals surface area contributed by atoms with Crippen LogP contribution < -0.4 is 10.1 Å². The number of nitrogens with one attached hydrogen (secondary N) is 1. The first-order valence-electron chi connectivity index (χ1n) is 5.87. The minimum atomic E-state index is 0.712. The van der Waals surface area contributed by atoms with Gasteiger partial charge in [-0.05, 0) is 38.1 Å². The van der Waals surface area contributed by atoms with Gasteiger partial charge in [0.25, 0.3) is 0 Å². The van der Waals surface area contributed by atoms with Gasteiger partial charge in [-0.3, -0.25) is 0 Å². The highest BCUT2D eigenvalue weighted by Gasteiger charge is 1.94. The van der Waals surface area contributed by atoms with E-state index in [-0.39, 0.29) is 0 Å². The van der Waals surface area contributed by atoms with Crippen LogP contribution in [0.4, 0.5) is 0 Å². The highest BCUT2D eigenvalue weighted by Crippen LogP contribution is 2.15. The lowest BCUT2D eigenvalue weighted by Crippen LogP contribution is -2.14. The lowest BCUT2D eigenvalue weighted by Gasteiger charge is -2.05. The summed E-state index contributed by atoms with van der Waals surface area (Å²) in [5, 5.41) is 3.31. The van der Waals surface area contributed by atoms with Crippen LogP contribution in [-0.2, 0) is 0 Å². The van der Waals surface area contributed by atoms with Gasteiger partial charge in [-0.2, -0.15) is 0 Å². The number of benzene rings is 1. The van der Waals surface area contributed by atoms with Crippen LogP contribution in [-0.4, -0.2) is 19.7 Å². The van der Waals surface area contributed by atoms with Gasteiger partial charge < -0.3 is 10.1 Å². The van der Waals surface area contributed by atoms with E-state index in [2.05, 4.69) is 37.4 Å². The molecular weight excluding hydrogens is 198 g/mol. The average Bonchev–Trinajstić information content (AvgIpc) is 2.27. The Hall–Kier alpha value is -1.28. The molecule has 0 aliphatic carbocycles. The Bertz CT molecular complexity index is 344. The molecule has 0 aliphatic heterocycles. The van der Waals surface area contributed by atoms with Crippen LogP contribution in [0.25, 0.3) is 6.08 Å². The second-order valence-electron chi connectivity index (χ2n) is 3.78. The molecule has 0 aliphatic rings. The number of ether oxygens (including phenoxy) is 1. The fraction of sp³-hybridized carbons (Fsp3) is 0.429. The number of hydrogen-bond donors (Lipinski definition) is 1. The van der Waals surface area contributed by atoms with Gasteiger partial charge >= 0.3 is 0 Å². The lowest BCUT2D eigenvalue weighted by molar-refractivity contribution is 0.340. The van der Waals surface area contributed by atoms with Crippen molar-refractivity contribution in [2.75, 3.05) is 19.7 Å². The van der Waals surface area contributed by atoms with Crippen molar-refractivity contribution in [1.29, 1.82) is 0 Å². The molecule has 1 aromatic carbocycles. The number of rotatable bonds is 6. The molecule has 0 amide bonds.